The van der Waals surface area contributed by atoms with Crippen molar-refractivity contribution in [2.24, 2.45) is 5.73 Å². The molecule has 0 atom stereocenters. The standard InChI is InChI=1S/C18H15N3O3/c19-17(23)14-8-4-5-9-15(14)21-16(22)10-13-11-24-18(20-13)12-6-2-1-3-7-12/h1-9,11H,10H2,(H2,19,23)(H,21,22). The van der Waals surface area contributed by atoms with Crippen molar-refractivity contribution in [1.29, 1.82) is 0 Å². The number of anilines is 1. The summed E-state index contributed by atoms with van der Waals surface area (Å²) < 4.78 is 5.40. The molecule has 0 aliphatic carbocycles. The molecule has 0 radical (unpaired) electrons. The summed E-state index contributed by atoms with van der Waals surface area (Å²) in [7, 11) is 0. The molecule has 6 heteroatoms. The maximum Gasteiger partial charge on any atom is 0.250 e. The molecule has 0 bridgehead atoms. The average molecular weight is 321 g/mol. The van der Waals surface area contributed by atoms with Crippen LogP contribution in [0.1, 0.15) is 16.1 Å². The van der Waals surface area contributed by atoms with Crippen LogP contribution in [0.5, 0.6) is 0 Å². The summed E-state index contributed by atoms with van der Waals surface area (Å²) in [5, 5.41) is 2.67. The molecule has 0 aliphatic rings. The van der Waals surface area contributed by atoms with Gasteiger partial charge >= 0.3 is 0 Å². The molecule has 0 aliphatic heterocycles. The fraction of sp³-hybridized carbons (Fsp3) is 0.0556. The van der Waals surface area contributed by atoms with Crippen molar-refractivity contribution in [3.63, 3.8) is 0 Å². The lowest BCUT2D eigenvalue weighted by atomic mass is 10.1. The lowest BCUT2D eigenvalue weighted by Gasteiger charge is -2.07. The van der Waals surface area contributed by atoms with Gasteiger partial charge in [-0.3, -0.25) is 9.59 Å². The normalized spacial score (nSPS) is 10.3. The van der Waals surface area contributed by atoms with Crippen molar-refractivity contribution in [3.8, 4) is 11.5 Å². The van der Waals surface area contributed by atoms with E-state index >= 15 is 0 Å². The zero-order chi connectivity index (χ0) is 16.9. The van der Waals surface area contributed by atoms with Crippen LogP contribution in [0.3, 0.4) is 0 Å². The SMILES string of the molecule is NC(=O)c1ccccc1NC(=O)Cc1coc(-c2ccccc2)n1. The van der Waals surface area contributed by atoms with Gasteiger partial charge in [0.2, 0.25) is 11.8 Å². The number of benzene rings is 2. The molecule has 0 unspecified atom stereocenters. The third-order valence-electron chi connectivity index (χ3n) is 3.38. The van der Waals surface area contributed by atoms with E-state index in [1.165, 1.54) is 6.26 Å². The van der Waals surface area contributed by atoms with Gasteiger partial charge in [0.05, 0.1) is 23.4 Å². The van der Waals surface area contributed by atoms with E-state index in [1.807, 2.05) is 30.3 Å². The summed E-state index contributed by atoms with van der Waals surface area (Å²) in [5.74, 6) is -0.453. The number of nitrogens with one attached hydrogen (secondary N) is 1. The number of primary amides is 1. The number of rotatable bonds is 5. The number of nitrogens with two attached hydrogens (primary N) is 1. The second-order valence-electron chi connectivity index (χ2n) is 5.14. The van der Waals surface area contributed by atoms with E-state index in [2.05, 4.69) is 10.3 Å². The second-order valence-corrected chi connectivity index (χ2v) is 5.14. The Morgan fingerprint density at radius 3 is 2.50 bits per heavy atom. The molecule has 0 fully saturated rings. The number of hydrogen-bond acceptors (Lipinski definition) is 4. The molecule has 3 N–H and O–H groups in total. The van der Waals surface area contributed by atoms with Crippen LogP contribution >= 0.6 is 0 Å². The van der Waals surface area contributed by atoms with E-state index < -0.39 is 5.91 Å². The van der Waals surface area contributed by atoms with Crippen molar-refractivity contribution >= 4 is 17.5 Å². The van der Waals surface area contributed by atoms with Crippen LogP contribution < -0.4 is 11.1 Å². The summed E-state index contributed by atoms with van der Waals surface area (Å²) in [6.45, 7) is 0. The van der Waals surface area contributed by atoms with Gasteiger partial charge in [0, 0.05) is 5.56 Å². The Bertz CT molecular complexity index is 872. The van der Waals surface area contributed by atoms with Crippen LogP contribution in [0.15, 0.2) is 65.3 Å². The smallest absolute Gasteiger partial charge is 0.250 e. The van der Waals surface area contributed by atoms with Gasteiger partial charge in [0.25, 0.3) is 5.91 Å². The molecule has 2 aromatic carbocycles. The molecule has 0 saturated heterocycles. The van der Waals surface area contributed by atoms with Crippen molar-refractivity contribution in [2.75, 3.05) is 5.32 Å². The van der Waals surface area contributed by atoms with Crippen molar-refractivity contribution < 1.29 is 14.0 Å². The Morgan fingerprint density at radius 1 is 1.04 bits per heavy atom. The Kier molecular flexibility index (Phi) is 4.38. The minimum Gasteiger partial charge on any atom is -0.444 e. The molecule has 24 heavy (non-hydrogen) atoms. The molecule has 3 aromatic rings. The van der Waals surface area contributed by atoms with Gasteiger partial charge in [-0.05, 0) is 24.3 Å². The highest BCUT2D eigenvalue weighted by Gasteiger charge is 2.13. The number of nitrogens with zero attached hydrogens (tertiary/aromatic N) is 1. The molecule has 0 saturated carbocycles. The zero-order valence-corrected chi connectivity index (χ0v) is 12.7. The van der Waals surface area contributed by atoms with Gasteiger partial charge in [-0.1, -0.05) is 30.3 Å². The van der Waals surface area contributed by atoms with Crippen LogP contribution in [0, 0.1) is 0 Å². The summed E-state index contributed by atoms with van der Waals surface area (Å²) >= 11 is 0. The van der Waals surface area contributed by atoms with Gasteiger partial charge in [-0.2, -0.15) is 0 Å². The highest BCUT2D eigenvalue weighted by molar-refractivity contribution is 6.03. The van der Waals surface area contributed by atoms with Gasteiger partial charge in [0.15, 0.2) is 0 Å². The summed E-state index contributed by atoms with van der Waals surface area (Å²) in [6.07, 6.45) is 1.48. The molecule has 1 aromatic heterocycles. The third kappa shape index (κ3) is 3.49. The molecule has 2 amide bonds. The predicted molar refractivity (Wildman–Crippen MR) is 89.2 cm³/mol. The number of aromatic nitrogens is 1. The van der Waals surface area contributed by atoms with E-state index in [4.69, 9.17) is 10.2 Å². The monoisotopic (exact) mass is 321 g/mol. The number of oxazole rings is 1. The number of amides is 2. The van der Waals surface area contributed by atoms with E-state index in [0.29, 0.717) is 17.3 Å². The zero-order valence-electron chi connectivity index (χ0n) is 12.7. The molecule has 1 heterocycles. The molecule has 120 valence electrons. The fourth-order valence-corrected chi connectivity index (χ4v) is 2.27. The van der Waals surface area contributed by atoms with Gasteiger partial charge in [-0.25, -0.2) is 4.98 Å². The third-order valence-corrected chi connectivity index (χ3v) is 3.38. The molecule has 3 rings (SSSR count). The lowest BCUT2D eigenvalue weighted by Crippen LogP contribution is -2.19. The average Bonchev–Trinajstić information content (AvgIpc) is 3.04. The Hall–Kier alpha value is -3.41. The second kappa shape index (κ2) is 6.78. The Labute approximate surface area is 138 Å². The number of carbonyl (C=O) groups is 2. The molecule has 6 nitrogen and oxygen atoms in total. The van der Waals surface area contributed by atoms with Crippen LogP contribution in [-0.2, 0) is 11.2 Å². The van der Waals surface area contributed by atoms with Crippen LogP contribution in [0.2, 0.25) is 0 Å². The first kappa shape index (κ1) is 15.5. The Morgan fingerprint density at radius 2 is 1.75 bits per heavy atom. The topological polar surface area (TPSA) is 98.2 Å². The van der Waals surface area contributed by atoms with E-state index in [9.17, 15) is 9.59 Å². The highest BCUT2D eigenvalue weighted by atomic mass is 16.3. The van der Waals surface area contributed by atoms with Crippen LogP contribution in [0.25, 0.3) is 11.5 Å². The molecule has 0 spiro atoms. The number of carbonyl (C=O) groups excluding carboxylic acids is 2. The number of para-hydroxylation sites is 1. The quantitative estimate of drug-likeness (QED) is 0.754. The Balaban J connectivity index is 1.70. The lowest BCUT2D eigenvalue weighted by molar-refractivity contribution is -0.115. The first-order valence-electron chi connectivity index (χ1n) is 7.32. The van der Waals surface area contributed by atoms with Gasteiger partial charge in [-0.15, -0.1) is 0 Å². The van der Waals surface area contributed by atoms with Crippen molar-refractivity contribution in [1.82, 2.24) is 4.98 Å². The first-order valence-corrected chi connectivity index (χ1v) is 7.32. The largest absolute Gasteiger partial charge is 0.444 e. The summed E-state index contributed by atoms with van der Waals surface area (Å²) in [6, 6.07) is 16.0. The van der Waals surface area contributed by atoms with Gasteiger partial charge in [0.1, 0.15) is 6.26 Å². The maximum absolute atomic E-state index is 12.2. The molecular weight excluding hydrogens is 306 g/mol. The first-order chi connectivity index (χ1) is 11.6. The fourth-order valence-electron chi connectivity index (χ4n) is 2.27. The van der Waals surface area contributed by atoms with E-state index in [1.54, 1.807) is 24.3 Å². The van der Waals surface area contributed by atoms with E-state index in [0.717, 1.165) is 5.56 Å². The minimum atomic E-state index is -0.598. The van der Waals surface area contributed by atoms with Crippen molar-refractivity contribution in [3.05, 3.63) is 72.1 Å². The van der Waals surface area contributed by atoms with E-state index in [-0.39, 0.29) is 17.9 Å². The number of hydrogen-bond donors (Lipinski definition) is 2. The van der Waals surface area contributed by atoms with Crippen molar-refractivity contribution in [2.45, 2.75) is 6.42 Å². The maximum atomic E-state index is 12.2. The highest BCUT2D eigenvalue weighted by Crippen LogP contribution is 2.19. The molecular formula is C18H15N3O3. The minimum absolute atomic E-state index is 0.0312. The van der Waals surface area contributed by atoms with Crippen LogP contribution in [0.4, 0.5) is 5.69 Å². The summed E-state index contributed by atoms with van der Waals surface area (Å²) in [4.78, 5) is 27.8. The summed E-state index contributed by atoms with van der Waals surface area (Å²) in [5.41, 5.74) is 7.27. The predicted octanol–water partition coefficient (Wildman–Crippen LogP) is 2.62. The van der Waals surface area contributed by atoms with Gasteiger partial charge < -0.3 is 15.5 Å². The van der Waals surface area contributed by atoms with Crippen LogP contribution in [-0.4, -0.2) is 16.8 Å².